The standard InChI is InChI=1S/C87H136O17P2/c1-5-9-13-17-21-25-29-33-37-39-40-42-46-48-52-56-60-64-68-72-85(90)98-78-83(104-87(92)74-70-66-62-58-54-50-44-36-32-28-24-20-16-12-8-4)80-102-106(95,96)100-76-81(88)75-99-105(93,94)101-79-82(103-86(91)73-69-65-61-57-53-49-43-35-31-27-23-19-15-11-7-3)77-97-84(89)71-67-63-59-55-51-47-45-41-38-34-30-26-22-18-14-10-6-2/h9-16,21-28,33-38,40,42-44,53-54,57-58,65-66,69-70,81-83,88H,5-8,17-20,29-32,39,41,45-52,55-56,59-64,67-68,71-80H2,1-4H3,(H,93,94)(H,95,96)/b13-9-,14-10-,15-11-,16-12-,25-21-,26-22-,27-23-,28-24-,37-33-,38-34-,42-40-,43-35-,44-36-,57-53-,58-54-,69-65-,70-66-. The molecule has 0 fully saturated rings. The van der Waals surface area contributed by atoms with Gasteiger partial charge in [0.15, 0.2) is 12.2 Å². The molecule has 0 amide bonds. The van der Waals surface area contributed by atoms with Gasteiger partial charge in [0, 0.05) is 12.8 Å². The molecule has 596 valence electrons. The molecule has 0 bridgehead atoms. The highest BCUT2D eigenvalue weighted by Crippen LogP contribution is 2.45. The van der Waals surface area contributed by atoms with Crippen molar-refractivity contribution in [2.75, 3.05) is 39.6 Å². The van der Waals surface area contributed by atoms with E-state index in [-0.39, 0.29) is 25.7 Å². The second kappa shape index (κ2) is 76.8. The van der Waals surface area contributed by atoms with E-state index in [1.54, 1.807) is 24.3 Å². The van der Waals surface area contributed by atoms with Gasteiger partial charge in [-0.25, -0.2) is 9.13 Å². The highest BCUT2D eigenvalue weighted by molar-refractivity contribution is 7.47. The fourth-order valence-corrected chi connectivity index (χ4v) is 11.1. The molecule has 0 aromatic carbocycles. The third-order valence-corrected chi connectivity index (χ3v) is 17.2. The molecule has 17 nitrogen and oxygen atoms in total. The van der Waals surface area contributed by atoms with Gasteiger partial charge in [-0.15, -0.1) is 0 Å². The largest absolute Gasteiger partial charge is 0.472 e. The van der Waals surface area contributed by atoms with Crippen molar-refractivity contribution in [3.63, 3.8) is 0 Å². The second-order valence-electron chi connectivity index (χ2n) is 25.2. The molecule has 0 aliphatic heterocycles. The summed E-state index contributed by atoms with van der Waals surface area (Å²) in [5, 5.41) is 10.6. The van der Waals surface area contributed by atoms with Crippen LogP contribution >= 0.6 is 15.6 Å². The molecule has 0 saturated heterocycles. The molecule has 0 aliphatic rings. The molecule has 106 heavy (non-hydrogen) atoms. The van der Waals surface area contributed by atoms with Gasteiger partial charge < -0.3 is 33.8 Å². The minimum Gasteiger partial charge on any atom is -0.462 e. The summed E-state index contributed by atoms with van der Waals surface area (Å²) in [6, 6.07) is 0. The van der Waals surface area contributed by atoms with E-state index in [0.717, 1.165) is 180 Å². The molecule has 0 radical (unpaired) electrons. The van der Waals surface area contributed by atoms with Crippen LogP contribution in [-0.2, 0) is 65.4 Å². The Morgan fingerprint density at radius 2 is 0.491 bits per heavy atom. The summed E-state index contributed by atoms with van der Waals surface area (Å²) in [4.78, 5) is 72.9. The van der Waals surface area contributed by atoms with Gasteiger partial charge in [-0.05, 0) is 148 Å². The maximum Gasteiger partial charge on any atom is 0.472 e. The smallest absolute Gasteiger partial charge is 0.462 e. The Labute approximate surface area is 639 Å². The van der Waals surface area contributed by atoms with Gasteiger partial charge in [0.2, 0.25) is 0 Å². The number of carbonyl (C=O) groups excluding carboxylic acids is 4. The van der Waals surface area contributed by atoms with Crippen LogP contribution in [-0.4, -0.2) is 96.7 Å². The van der Waals surface area contributed by atoms with Gasteiger partial charge in [-0.3, -0.25) is 37.3 Å². The van der Waals surface area contributed by atoms with E-state index in [9.17, 15) is 43.2 Å². The third-order valence-electron chi connectivity index (χ3n) is 15.3. The first-order valence-corrected chi connectivity index (χ1v) is 42.3. The number of rotatable bonds is 71. The van der Waals surface area contributed by atoms with Gasteiger partial charge in [-0.1, -0.05) is 292 Å². The number of hydrogen-bond donors (Lipinski definition) is 3. The summed E-state index contributed by atoms with van der Waals surface area (Å²) >= 11 is 0. The van der Waals surface area contributed by atoms with Gasteiger partial charge in [0.1, 0.15) is 19.3 Å². The zero-order chi connectivity index (χ0) is 77.4. The van der Waals surface area contributed by atoms with Crippen molar-refractivity contribution in [3.05, 3.63) is 207 Å². The van der Waals surface area contributed by atoms with E-state index in [1.165, 1.54) is 0 Å². The first-order valence-electron chi connectivity index (χ1n) is 39.3. The summed E-state index contributed by atoms with van der Waals surface area (Å²) < 4.78 is 68.3. The molecule has 5 atom stereocenters. The number of ether oxygens (including phenoxy) is 4. The number of aliphatic hydroxyl groups excluding tert-OH is 1. The molecule has 19 heteroatoms. The van der Waals surface area contributed by atoms with Crippen LogP contribution in [0.5, 0.6) is 0 Å². The Morgan fingerprint density at radius 3 is 0.755 bits per heavy atom. The van der Waals surface area contributed by atoms with Crippen LogP contribution in [0.15, 0.2) is 207 Å². The van der Waals surface area contributed by atoms with Crippen LogP contribution in [0, 0.1) is 0 Å². The molecule has 0 spiro atoms. The van der Waals surface area contributed by atoms with Crippen LogP contribution in [0.2, 0.25) is 0 Å². The molecule has 0 rings (SSSR count). The quantitative estimate of drug-likeness (QED) is 0.0169. The van der Waals surface area contributed by atoms with Crippen molar-refractivity contribution in [1.82, 2.24) is 0 Å². The SMILES string of the molecule is CC/C=C\C/C=C\C/C=C\C/C=C\C/C=C\CC(=O)OC(COC(=O)CCCCCCCC/C=C\C/C=C\C/C=C\C/C=C\CC)COP(=O)(O)OCC(O)COP(=O)(O)OCC(COC(=O)CCCCCCCCC/C=C\C/C=C\C/C=C\CC)OC(=O)C/C=C\C/C=C\C/C=C\C/C=C\C/C=C\CC. The number of unbranched alkanes of at least 4 members (excludes halogenated alkanes) is 13. The van der Waals surface area contributed by atoms with Crippen LogP contribution in [0.25, 0.3) is 0 Å². The van der Waals surface area contributed by atoms with E-state index >= 15 is 0 Å². The van der Waals surface area contributed by atoms with Crippen molar-refractivity contribution >= 4 is 39.5 Å². The average molecular weight is 1520 g/mol. The fourth-order valence-electron chi connectivity index (χ4n) is 9.49. The van der Waals surface area contributed by atoms with Crippen LogP contribution in [0.3, 0.4) is 0 Å². The Bertz CT molecular complexity index is 2830. The number of phosphoric acid groups is 2. The lowest BCUT2D eigenvalue weighted by molar-refractivity contribution is -0.160. The van der Waals surface area contributed by atoms with Crippen LogP contribution < -0.4 is 0 Å². The van der Waals surface area contributed by atoms with E-state index in [2.05, 4.69) is 186 Å². The monoisotopic (exact) mass is 1510 g/mol. The minimum absolute atomic E-state index is 0.115. The fraction of sp³-hybridized carbons (Fsp3) is 0.563. The van der Waals surface area contributed by atoms with Gasteiger partial charge in [0.25, 0.3) is 0 Å². The molecular formula is C87H136O17P2. The Hall–Kier alpha value is -6.36. The molecule has 5 unspecified atom stereocenters. The topological polar surface area (TPSA) is 237 Å². The second-order valence-corrected chi connectivity index (χ2v) is 28.1. The van der Waals surface area contributed by atoms with Gasteiger partial charge in [0.05, 0.1) is 39.3 Å². The normalized spacial score (nSPS) is 15.0. The Kier molecular flexibility index (Phi) is 72.2. The molecule has 0 aromatic heterocycles. The Balaban J connectivity index is 5.52. The maximum absolute atomic E-state index is 13.1. The lowest BCUT2D eigenvalue weighted by Crippen LogP contribution is -2.30. The summed E-state index contributed by atoms with van der Waals surface area (Å²) in [6.07, 6.45) is 95.9. The minimum atomic E-state index is -5.02. The molecule has 0 aliphatic carbocycles. The Morgan fingerprint density at radius 1 is 0.274 bits per heavy atom. The molecule has 0 saturated carbocycles. The first kappa shape index (κ1) is 99.6. The zero-order valence-electron chi connectivity index (χ0n) is 65.0. The summed E-state index contributed by atoms with van der Waals surface area (Å²) in [7, 11) is -10.0. The number of allylic oxidation sites excluding steroid dienone is 32. The number of carbonyl (C=O) groups is 4. The number of aliphatic hydroxyl groups is 1. The molecule has 0 heterocycles. The highest BCUT2D eigenvalue weighted by atomic mass is 31.2. The van der Waals surface area contributed by atoms with Gasteiger partial charge >= 0.3 is 39.5 Å². The third kappa shape index (κ3) is 75.9. The van der Waals surface area contributed by atoms with Crippen molar-refractivity contribution in [2.45, 2.75) is 277 Å². The molecule has 0 aromatic rings. The number of hydrogen-bond acceptors (Lipinski definition) is 15. The zero-order valence-corrected chi connectivity index (χ0v) is 66.8. The van der Waals surface area contributed by atoms with E-state index in [0.29, 0.717) is 25.7 Å². The van der Waals surface area contributed by atoms with E-state index in [1.807, 2.05) is 24.3 Å². The summed E-state index contributed by atoms with van der Waals surface area (Å²) in [5.41, 5.74) is 0. The van der Waals surface area contributed by atoms with Crippen molar-refractivity contribution in [1.29, 1.82) is 0 Å². The van der Waals surface area contributed by atoms with Crippen molar-refractivity contribution in [3.8, 4) is 0 Å². The lowest BCUT2D eigenvalue weighted by atomic mass is 10.1. The predicted molar refractivity (Wildman–Crippen MR) is 435 cm³/mol. The maximum atomic E-state index is 13.1. The van der Waals surface area contributed by atoms with Crippen LogP contribution in [0.4, 0.5) is 0 Å². The van der Waals surface area contributed by atoms with Crippen molar-refractivity contribution < 1.29 is 80.2 Å². The highest BCUT2D eigenvalue weighted by Gasteiger charge is 2.30. The number of phosphoric ester groups is 2. The molecular weight excluding hydrogens is 1380 g/mol. The predicted octanol–water partition coefficient (Wildman–Crippen LogP) is 23.1. The summed E-state index contributed by atoms with van der Waals surface area (Å²) in [5.74, 6) is -2.52. The van der Waals surface area contributed by atoms with Gasteiger partial charge in [-0.2, -0.15) is 0 Å². The average Bonchev–Trinajstić information content (AvgIpc) is 0.902. The summed E-state index contributed by atoms with van der Waals surface area (Å²) in [6.45, 7) is 4.13. The first-order chi connectivity index (χ1) is 51.7. The van der Waals surface area contributed by atoms with Crippen molar-refractivity contribution in [2.24, 2.45) is 0 Å². The molecule has 3 N–H and O–H groups in total. The van der Waals surface area contributed by atoms with E-state index in [4.69, 9.17) is 37.0 Å². The number of esters is 4. The lowest BCUT2D eigenvalue weighted by Gasteiger charge is -2.21. The van der Waals surface area contributed by atoms with Crippen LogP contribution in [0.1, 0.15) is 259 Å². The van der Waals surface area contributed by atoms with E-state index < -0.39 is 97.5 Å².